The number of hydrogen-bond donors (Lipinski definition) is 1. The first-order valence-corrected chi connectivity index (χ1v) is 3.87. The molecule has 0 rings (SSSR count). The molecule has 0 aliphatic carbocycles. The van der Waals surface area contributed by atoms with Gasteiger partial charge in [0.25, 0.3) is 0 Å². The van der Waals surface area contributed by atoms with Gasteiger partial charge in [-0.3, -0.25) is 0 Å². The van der Waals surface area contributed by atoms with Gasteiger partial charge in [0.15, 0.2) is 0 Å². The van der Waals surface area contributed by atoms with E-state index in [-0.39, 0.29) is 0 Å². The van der Waals surface area contributed by atoms with Gasteiger partial charge < -0.3 is 5.32 Å². The van der Waals surface area contributed by atoms with Crippen molar-refractivity contribution in [2.24, 2.45) is 11.8 Å². The Bertz CT molecular complexity index is 59.6. The van der Waals surface area contributed by atoms with Gasteiger partial charge in [-0.1, -0.05) is 27.2 Å². The lowest BCUT2D eigenvalue weighted by Crippen LogP contribution is -2.22. The summed E-state index contributed by atoms with van der Waals surface area (Å²) in [5.74, 6) is 1.68. The van der Waals surface area contributed by atoms with Crippen LogP contribution in [-0.4, -0.2) is 13.6 Å². The molecule has 1 atom stereocenters. The Hall–Kier alpha value is -0.0400. The fraction of sp³-hybridized carbons (Fsp3) is 1.00. The van der Waals surface area contributed by atoms with E-state index in [2.05, 4.69) is 26.1 Å². The van der Waals surface area contributed by atoms with Crippen LogP contribution in [0.15, 0.2) is 0 Å². The number of rotatable bonds is 4. The lowest BCUT2D eigenvalue weighted by molar-refractivity contribution is 0.362. The van der Waals surface area contributed by atoms with Crippen molar-refractivity contribution in [3.63, 3.8) is 0 Å². The van der Waals surface area contributed by atoms with Crippen molar-refractivity contribution in [2.45, 2.75) is 27.2 Å². The summed E-state index contributed by atoms with van der Waals surface area (Å²) in [6.07, 6.45) is 1.29. The highest BCUT2D eigenvalue weighted by Gasteiger charge is 2.08. The molecule has 1 heteroatoms. The lowest BCUT2D eigenvalue weighted by atomic mass is 9.93. The minimum Gasteiger partial charge on any atom is -0.319 e. The maximum absolute atomic E-state index is 3.20. The molecular weight excluding hydrogens is 110 g/mol. The molecule has 1 nitrogen and oxygen atoms in total. The van der Waals surface area contributed by atoms with Gasteiger partial charge >= 0.3 is 0 Å². The summed E-state index contributed by atoms with van der Waals surface area (Å²) in [6, 6.07) is 0. The highest BCUT2D eigenvalue weighted by Crippen LogP contribution is 2.12. The topological polar surface area (TPSA) is 12.0 Å². The van der Waals surface area contributed by atoms with Crippen LogP contribution in [0.3, 0.4) is 0 Å². The predicted molar refractivity (Wildman–Crippen MR) is 42.5 cm³/mol. The van der Waals surface area contributed by atoms with E-state index in [1.54, 1.807) is 0 Å². The summed E-state index contributed by atoms with van der Waals surface area (Å²) in [7, 11) is 2.02. The third-order valence-corrected chi connectivity index (χ3v) is 1.93. The van der Waals surface area contributed by atoms with Gasteiger partial charge in [-0.2, -0.15) is 0 Å². The highest BCUT2D eigenvalue weighted by atomic mass is 14.8. The molecule has 56 valence electrons. The minimum atomic E-state index is 0.822. The first-order chi connectivity index (χ1) is 4.22. The molecule has 1 N–H and O–H groups in total. The first-order valence-electron chi connectivity index (χ1n) is 3.87. The fourth-order valence-corrected chi connectivity index (χ4v) is 1.11. The van der Waals surface area contributed by atoms with Crippen LogP contribution in [0.4, 0.5) is 0 Å². The van der Waals surface area contributed by atoms with E-state index in [4.69, 9.17) is 0 Å². The van der Waals surface area contributed by atoms with Crippen LogP contribution in [0, 0.1) is 11.8 Å². The quantitative estimate of drug-likeness (QED) is 0.611. The highest BCUT2D eigenvalue weighted by molar-refractivity contribution is 4.61. The monoisotopic (exact) mass is 129 g/mol. The van der Waals surface area contributed by atoms with Crippen LogP contribution in [0.2, 0.25) is 0 Å². The smallest absolute Gasteiger partial charge is 0.00212 e. The molecule has 0 aromatic heterocycles. The SMILES string of the molecule is CCC(CNC)C(C)C. The summed E-state index contributed by atoms with van der Waals surface area (Å²) >= 11 is 0. The predicted octanol–water partition coefficient (Wildman–Crippen LogP) is 1.89. The second-order valence-electron chi connectivity index (χ2n) is 2.97. The Morgan fingerprint density at radius 3 is 2.00 bits per heavy atom. The molecule has 0 saturated carbocycles. The van der Waals surface area contributed by atoms with Gasteiger partial charge in [0.2, 0.25) is 0 Å². The van der Waals surface area contributed by atoms with Crippen LogP contribution < -0.4 is 5.32 Å². The van der Waals surface area contributed by atoms with Crippen LogP contribution in [0.1, 0.15) is 27.2 Å². The summed E-state index contributed by atoms with van der Waals surface area (Å²) in [5.41, 5.74) is 0. The molecule has 0 aromatic rings. The van der Waals surface area contributed by atoms with Gasteiger partial charge in [0.05, 0.1) is 0 Å². The zero-order valence-electron chi connectivity index (χ0n) is 7.07. The summed E-state index contributed by atoms with van der Waals surface area (Å²) in [4.78, 5) is 0. The van der Waals surface area contributed by atoms with E-state index in [1.165, 1.54) is 6.42 Å². The lowest BCUT2D eigenvalue weighted by Gasteiger charge is -2.17. The molecule has 0 aliphatic heterocycles. The number of nitrogens with one attached hydrogen (secondary N) is 1. The zero-order chi connectivity index (χ0) is 7.28. The second-order valence-corrected chi connectivity index (χ2v) is 2.97. The first kappa shape index (κ1) is 8.96. The van der Waals surface area contributed by atoms with Crippen LogP contribution >= 0.6 is 0 Å². The van der Waals surface area contributed by atoms with Crippen molar-refractivity contribution in [1.82, 2.24) is 5.32 Å². The maximum atomic E-state index is 3.20. The van der Waals surface area contributed by atoms with E-state index < -0.39 is 0 Å². The third-order valence-electron chi connectivity index (χ3n) is 1.93. The van der Waals surface area contributed by atoms with Gasteiger partial charge in [0.1, 0.15) is 0 Å². The van der Waals surface area contributed by atoms with E-state index in [0.29, 0.717) is 0 Å². The summed E-state index contributed by atoms with van der Waals surface area (Å²) in [5, 5.41) is 3.20. The Kier molecular flexibility index (Phi) is 4.78. The fourth-order valence-electron chi connectivity index (χ4n) is 1.11. The van der Waals surface area contributed by atoms with E-state index >= 15 is 0 Å². The minimum absolute atomic E-state index is 0.822. The van der Waals surface area contributed by atoms with E-state index in [1.807, 2.05) is 7.05 Å². The molecule has 0 radical (unpaired) electrons. The van der Waals surface area contributed by atoms with Gasteiger partial charge in [-0.15, -0.1) is 0 Å². The van der Waals surface area contributed by atoms with Crippen molar-refractivity contribution >= 4 is 0 Å². The largest absolute Gasteiger partial charge is 0.319 e. The van der Waals surface area contributed by atoms with Gasteiger partial charge in [-0.05, 0) is 25.4 Å². The molecule has 0 saturated heterocycles. The second kappa shape index (κ2) is 4.80. The van der Waals surface area contributed by atoms with Crippen LogP contribution in [0.25, 0.3) is 0 Å². The normalized spacial score (nSPS) is 14.3. The molecule has 0 aliphatic rings. The Labute approximate surface area is 58.8 Å². The maximum Gasteiger partial charge on any atom is -0.00212 e. The average molecular weight is 129 g/mol. The van der Waals surface area contributed by atoms with Crippen LogP contribution in [-0.2, 0) is 0 Å². The molecule has 0 amide bonds. The molecule has 0 spiro atoms. The molecule has 0 heterocycles. The van der Waals surface area contributed by atoms with Crippen molar-refractivity contribution in [3.05, 3.63) is 0 Å². The Morgan fingerprint density at radius 1 is 1.33 bits per heavy atom. The van der Waals surface area contributed by atoms with Crippen molar-refractivity contribution in [3.8, 4) is 0 Å². The van der Waals surface area contributed by atoms with Crippen LogP contribution in [0.5, 0.6) is 0 Å². The molecule has 0 aromatic carbocycles. The summed E-state index contributed by atoms with van der Waals surface area (Å²) < 4.78 is 0. The molecular formula is C8H19N. The molecule has 0 fully saturated rings. The summed E-state index contributed by atoms with van der Waals surface area (Å²) in [6.45, 7) is 7.98. The van der Waals surface area contributed by atoms with E-state index in [0.717, 1.165) is 18.4 Å². The van der Waals surface area contributed by atoms with E-state index in [9.17, 15) is 0 Å². The standard InChI is InChI=1S/C8H19N/c1-5-8(6-9-4)7(2)3/h7-9H,5-6H2,1-4H3. The van der Waals surface area contributed by atoms with Crippen molar-refractivity contribution in [2.75, 3.05) is 13.6 Å². The Balaban J connectivity index is 3.41. The molecule has 0 bridgehead atoms. The molecule has 9 heavy (non-hydrogen) atoms. The zero-order valence-corrected chi connectivity index (χ0v) is 7.07. The molecule has 1 unspecified atom stereocenters. The van der Waals surface area contributed by atoms with Gasteiger partial charge in [-0.25, -0.2) is 0 Å². The average Bonchev–Trinajstić information content (AvgIpc) is 1.82. The van der Waals surface area contributed by atoms with Crippen molar-refractivity contribution in [1.29, 1.82) is 0 Å². The number of hydrogen-bond acceptors (Lipinski definition) is 1. The third kappa shape index (κ3) is 3.52. The van der Waals surface area contributed by atoms with Crippen molar-refractivity contribution < 1.29 is 0 Å². The Morgan fingerprint density at radius 2 is 1.89 bits per heavy atom. The van der Waals surface area contributed by atoms with Gasteiger partial charge in [0, 0.05) is 0 Å².